The molecule has 0 bridgehead atoms. The van der Waals surface area contributed by atoms with Crippen molar-refractivity contribution in [2.75, 3.05) is 14.1 Å². The van der Waals surface area contributed by atoms with Gasteiger partial charge in [0.15, 0.2) is 0 Å². The lowest BCUT2D eigenvalue weighted by Gasteiger charge is -2.06. The van der Waals surface area contributed by atoms with Gasteiger partial charge in [-0.1, -0.05) is 5.16 Å². The maximum atomic E-state index is 11.1. The second kappa shape index (κ2) is 5.76. The summed E-state index contributed by atoms with van der Waals surface area (Å²) in [5.74, 6) is 0. The summed E-state index contributed by atoms with van der Waals surface area (Å²) in [6.45, 7) is 1.64. The number of oxime groups is 1. The maximum Gasteiger partial charge on any atom is 0.435 e. The van der Waals surface area contributed by atoms with E-state index in [1.54, 1.807) is 33.2 Å². The highest BCUT2D eigenvalue weighted by Gasteiger charge is 2.07. The van der Waals surface area contributed by atoms with E-state index in [1.165, 1.54) is 17.0 Å². The third-order valence-corrected chi connectivity index (χ3v) is 2.12. The molecule has 0 saturated heterocycles. The number of carbonyl (C=O) groups is 1. The molecule has 0 radical (unpaired) electrons. The number of non-ortho nitro benzene ring substituents is 1. The van der Waals surface area contributed by atoms with E-state index in [0.717, 1.165) is 0 Å². The molecule has 0 spiro atoms. The highest BCUT2D eigenvalue weighted by molar-refractivity contribution is 5.98. The lowest BCUT2D eigenvalue weighted by atomic mass is 10.1. The Morgan fingerprint density at radius 1 is 1.33 bits per heavy atom. The quantitative estimate of drug-likeness (QED) is 0.356. The minimum Gasteiger partial charge on any atom is -0.312 e. The van der Waals surface area contributed by atoms with Crippen LogP contribution in [-0.4, -0.2) is 35.7 Å². The number of nitro groups is 1. The number of amides is 1. The van der Waals surface area contributed by atoms with Crippen molar-refractivity contribution in [3.05, 3.63) is 39.9 Å². The standard InChI is InChI=1S/C11H13N3O4/c1-8(12-18-11(15)13(2)3)9-4-6-10(7-5-9)14(16)17/h4-7H,1-3H3/b12-8-. The number of hydrogen-bond acceptors (Lipinski definition) is 5. The van der Waals surface area contributed by atoms with E-state index in [4.69, 9.17) is 0 Å². The Balaban J connectivity index is 2.78. The minimum absolute atomic E-state index is 0.00293. The number of benzene rings is 1. The molecule has 18 heavy (non-hydrogen) atoms. The zero-order valence-corrected chi connectivity index (χ0v) is 10.3. The SMILES string of the molecule is C/C(=N/OC(=O)N(C)C)c1ccc([N+](=O)[O-])cc1. The third-order valence-electron chi connectivity index (χ3n) is 2.12. The predicted octanol–water partition coefficient (Wildman–Crippen LogP) is 2.02. The van der Waals surface area contributed by atoms with E-state index in [0.29, 0.717) is 11.3 Å². The van der Waals surface area contributed by atoms with E-state index in [-0.39, 0.29) is 5.69 Å². The molecule has 96 valence electrons. The minimum atomic E-state index is -0.587. The molecule has 1 rings (SSSR count). The Bertz CT molecular complexity index is 480. The first kappa shape index (κ1) is 13.6. The Kier molecular flexibility index (Phi) is 4.36. The zero-order chi connectivity index (χ0) is 13.7. The molecule has 0 unspecified atom stereocenters. The van der Waals surface area contributed by atoms with Crippen molar-refractivity contribution in [1.29, 1.82) is 0 Å². The predicted molar refractivity (Wildman–Crippen MR) is 65.5 cm³/mol. The monoisotopic (exact) mass is 251 g/mol. The summed E-state index contributed by atoms with van der Waals surface area (Å²) in [6, 6.07) is 5.81. The van der Waals surface area contributed by atoms with E-state index < -0.39 is 11.0 Å². The summed E-state index contributed by atoms with van der Waals surface area (Å²) in [7, 11) is 3.08. The number of nitro benzene ring substituents is 1. The van der Waals surface area contributed by atoms with Crippen molar-refractivity contribution >= 4 is 17.5 Å². The zero-order valence-electron chi connectivity index (χ0n) is 10.3. The van der Waals surface area contributed by atoms with Gasteiger partial charge in [-0.3, -0.25) is 15.0 Å². The van der Waals surface area contributed by atoms with Crippen LogP contribution in [0, 0.1) is 10.1 Å². The molecular formula is C11H13N3O4. The van der Waals surface area contributed by atoms with Gasteiger partial charge in [0.2, 0.25) is 0 Å². The van der Waals surface area contributed by atoms with Crippen LogP contribution in [0.5, 0.6) is 0 Å². The van der Waals surface area contributed by atoms with Crippen LogP contribution in [0.1, 0.15) is 12.5 Å². The average Bonchev–Trinajstić information content (AvgIpc) is 2.35. The Hall–Kier alpha value is -2.44. The van der Waals surface area contributed by atoms with Crippen LogP contribution in [-0.2, 0) is 4.84 Å². The second-order valence-corrected chi connectivity index (χ2v) is 3.73. The van der Waals surface area contributed by atoms with E-state index >= 15 is 0 Å². The van der Waals surface area contributed by atoms with Crippen molar-refractivity contribution < 1.29 is 14.6 Å². The van der Waals surface area contributed by atoms with Crippen molar-refractivity contribution in [2.24, 2.45) is 5.16 Å². The molecule has 7 nitrogen and oxygen atoms in total. The van der Waals surface area contributed by atoms with Crippen LogP contribution in [0.2, 0.25) is 0 Å². The molecule has 1 amide bonds. The van der Waals surface area contributed by atoms with Gasteiger partial charge in [0.1, 0.15) is 0 Å². The molecule has 0 aliphatic carbocycles. The summed E-state index contributed by atoms with van der Waals surface area (Å²) in [6.07, 6.45) is -0.587. The van der Waals surface area contributed by atoms with Crippen LogP contribution in [0.25, 0.3) is 0 Å². The molecule has 0 aliphatic heterocycles. The van der Waals surface area contributed by atoms with Gasteiger partial charge >= 0.3 is 6.09 Å². The maximum absolute atomic E-state index is 11.1. The number of carbonyl (C=O) groups excluding carboxylic acids is 1. The fourth-order valence-corrected chi connectivity index (χ4v) is 1.07. The van der Waals surface area contributed by atoms with Gasteiger partial charge in [0, 0.05) is 26.2 Å². The van der Waals surface area contributed by atoms with Gasteiger partial charge < -0.3 is 4.90 Å². The molecule has 0 aliphatic rings. The Morgan fingerprint density at radius 3 is 2.33 bits per heavy atom. The number of hydrogen-bond donors (Lipinski definition) is 0. The molecule has 1 aromatic carbocycles. The first-order chi connectivity index (χ1) is 8.41. The molecule has 7 heteroatoms. The van der Waals surface area contributed by atoms with Gasteiger partial charge in [0.05, 0.1) is 10.6 Å². The van der Waals surface area contributed by atoms with Crippen LogP contribution < -0.4 is 0 Å². The van der Waals surface area contributed by atoms with Gasteiger partial charge in [-0.15, -0.1) is 0 Å². The smallest absolute Gasteiger partial charge is 0.312 e. The largest absolute Gasteiger partial charge is 0.435 e. The highest BCUT2D eigenvalue weighted by atomic mass is 16.7. The molecule has 0 atom stereocenters. The normalized spacial score (nSPS) is 10.9. The first-order valence-electron chi connectivity index (χ1n) is 5.09. The van der Waals surface area contributed by atoms with Gasteiger partial charge in [0.25, 0.3) is 5.69 Å². The van der Waals surface area contributed by atoms with E-state index in [2.05, 4.69) is 9.99 Å². The number of nitrogens with zero attached hydrogens (tertiary/aromatic N) is 3. The van der Waals surface area contributed by atoms with Gasteiger partial charge in [-0.05, 0) is 24.6 Å². The third kappa shape index (κ3) is 3.55. The first-order valence-corrected chi connectivity index (χ1v) is 5.09. The summed E-state index contributed by atoms with van der Waals surface area (Å²) in [5, 5.41) is 14.1. The fourth-order valence-electron chi connectivity index (χ4n) is 1.07. The van der Waals surface area contributed by atoms with Crippen molar-refractivity contribution in [3.63, 3.8) is 0 Å². The van der Waals surface area contributed by atoms with Crippen LogP contribution in [0.3, 0.4) is 0 Å². The highest BCUT2D eigenvalue weighted by Crippen LogP contribution is 2.12. The van der Waals surface area contributed by atoms with Gasteiger partial charge in [-0.2, -0.15) is 0 Å². The van der Waals surface area contributed by atoms with Crippen molar-refractivity contribution in [1.82, 2.24) is 4.90 Å². The second-order valence-electron chi connectivity index (χ2n) is 3.73. The summed E-state index contributed by atoms with van der Waals surface area (Å²) in [4.78, 5) is 27.0. The van der Waals surface area contributed by atoms with Crippen LogP contribution in [0.15, 0.2) is 29.4 Å². The van der Waals surface area contributed by atoms with Crippen molar-refractivity contribution in [2.45, 2.75) is 6.92 Å². The van der Waals surface area contributed by atoms with Crippen molar-refractivity contribution in [3.8, 4) is 0 Å². The summed E-state index contributed by atoms with van der Waals surface area (Å²) >= 11 is 0. The lowest BCUT2D eigenvalue weighted by Crippen LogP contribution is -2.21. The van der Waals surface area contributed by atoms with Crippen LogP contribution in [0.4, 0.5) is 10.5 Å². The van der Waals surface area contributed by atoms with E-state index in [9.17, 15) is 14.9 Å². The summed E-state index contributed by atoms with van der Waals surface area (Å²) < 4.78 is 0. The molecule has 0 fully saturated rings. The molecular weight excluding hydrogens is 238 g/mol. The van der Waals surface area contributed by atoms with Crippen LogP contribution >= 0.6 is 0 Å². The summed E-state index contributed by atoms with van der Waals surface area (Å²) in [5.41, 5.74) is 1.10. The molecule has 1 aromatic rings. The topological polar surface area (TPSA) is 85.0 Å². The molecule has 0 aromatic heterocycles. The Labute approximate surface area is 104 Å². The molecule has 0 saturated carbocycles. The lowest BCUT2D eigenvalue weighted by molar-refractivity contribution is -0.384. The fraction of sp³-hybridized carbons (Fsp3) is 0.273. The molecule has 0 N–H and O–H groups in total. The molecule has 0 heterocycles. The van der Waals surface area contributed by atoms with Gasteiger partial charge in [-0.25, -0.2) is 4.79 Å². The number of rotatable bonds is 3. The Morgan fingerprint density at radius 2 is 1.89 bits per heavy atom. The van der Waals surface area contributed by atoms with E-state index in [1.807, 2.05) is 0 Å². The average molecular weight is 251 g/mol.